The molecular weight excluding hydrogens is 298 g/mol. The molecule has 2 aliphatic rings. The van der Waals surface area contributed by atoms with Crippen LogP contribution in [0.3, 0.4) is 0 Å². The van der Waals surface area contributed by atoms with Gasteiger partial charge in [0.2, 0.25) is 11.9 Å². The summed E-state index contributed by atoms with van der Waals surface area (Å²) in [6.07, 6.45) is 14.0. The Morgan fingerprint density at radius 3 is 1.50 bits per heavy atom. The van der Waals surface area contributed by atoms with E-state index in [4.69, 9.17) is 15.0 Å². The molecule has 2 aliphatic carbocycles. The molecule has 0 saturated heterocycles. The molecule has 5 heteroatoms. The van der Waals surface area contributed by atoms with Gasteiger partial charge >= 0.3 is 0 Å². The molecule has 3 rings (SSSR count). The number of hydrogen-bond acceptors (Lipinski definition) is 5. The van der Waals surface area contributed by atoms with E-state index in [0.717, 1.165) is 24.1 Å². The average molecular weight is 332 g/mol. The summed E-state index contributed by atoms with van der Waals surface area (Å²) in [5, 5.41) is 0. The number of anilines is 2. The van der Waals surface area contributed by atoms with E-state index in [0.29, 0.717) is 12.1 Å². The van der Waals surface area contributed by atoms with E-state index in [1.165, 1.54) is 64.2 Å². The summed E-state index contributed by atoms with van der Waals surface area (Å²) in [7, 11) is 4.32. The zero-order valence-corrected chi connectivity index (χ0v) is 15.7. The highest BCUT2D eigenvalue weighted by atomic mass is 15.3. The maximum Gasteiger partial charge on any atom is 0.230 e. The minimum Gasteiger partial charge on any atom is -0.341 e. The van der Waals surface area contributed by atoms with Gasteiger partial charge in [0.05, 0.1) is 0 Å². The van der Waals surface area contributed by atoms with Crippen LogP contribution in [0.2, 0.25) is 0 Å². The summed E-state index contributed by atoms with van der Waals surface area (Å²) in [4.78, 5) is 18.9. The van der Waals surface area contributed by atoms with Gasteiger partial charge in [-0.25, -0.2) is 0 Å². The van der Waals surface area contributed by atoms with Crippen LogP contribution in [0.1, 0.15) is 77.0 Å². The van der Waals surface area contributed by atoms with Gasteiger partial charge in [-0.2, -0.15) is 15.0 Å². The molecule has 0 aromatic carbocycles. The van der Waals surface area contributed by atoms with Gasteiger partial charge in [-0.05, 0) is 25.7 Å². The maximum atomic E-state index is 4.86. The molecule has 2 saturated carbocycles. The largest absolute Gasteiger partial charge is 0.341 e. The van der Waals surface area contributed by atoms with E-state index in [2.05, 4.69) is 30.8 Å². The van der Waals surface area contributed by atoms with Crippen molar-refractivity contribution in [3.63, 3.8) is 0 Å². The van der Waals surface area contributed by atoms with E-state index >= 15 is 0 Å². The van der Waals surface area contributed by atoms with Gasteiger partial charge in [0.25, 0.3) is 0 Å². The Kier molecular flexibility index (Phi) is 5.90. The Hall–Kier alpha value is -1.39. The monoisotopic (exact) mass is 331 g/mol. The van der Waals surface area contributed by atoms with Crippen molar-refractivity contribution in [2.24, 2.45) is 0 Å². The molecule has 0 atom stereocenters. The van der Waals surface area contributed by atoms with Crippen molar-refractivity contribution in [2.45, 2.75) is 89.6 Å². The molecule has 0 amide bonds. The molecule has 0 aliphatic heterocycles. The van der Waals surface area contributed by atoms with Gasteiger partial charge in [-0.1, -0.05) is 45.4 Å². The van der Waals surface area contributed by atoms with Gasteiger partial charge in [0.1, 0.15) is 5.82 Å². The molecule has 134 valence electrons. The van der Waals surface area contributed by atoms with Gasteiger partial charge in [0, 0.05) is 32.6 Å². The number of rotatable bonds is 5. The lowest BCUT2D eigenvalue weighted by Crippen LogP contribution is -2.37. The van der Waals surface area contributed by atoms with Crippen LogP contribution >= 0.6 is 0 Å². The molecule has 2 fully saturated rings. The van der Waals surface area contributed by atoms with Gasteiger partial charge in [-0.15, -0.1) is 0 Å². The van der Waals surface area contributed by atoms with Gasteiger partial charge in [-0.3, -0.25) is 0 Å². The summed E-state index contributed by atoms with van der Waals surface area (Å²) in [5.74, 6) is 2.65. The lowest BCUT2D eigenvalue weighted by Gasteiger charge is -2.33. The molecule has 0 bridgehead atoms. The summed E-state index contributed by atoms with van der Waals surface area (Å²) in [6, 6.07) is 1.16. The number of hydrogen-bond donors (Lipinski definition) is 0. The van der Waals surface area contributed by atoms with E-state index in [-0.39, 0.29) is 0 Å². The van der Waals surface area contributed by atoms with E-state index in [1.807, 2.05) is 0 Å². The number of aromatic nitrogens is 3. The van der Waals surface area contributed by atoms with Crippen LogP contribution in [-0.2, 0) is 6.42 Å². The SMILES string of the molecule is CCc1nc(N(C)C2CCCCC2)nc(N(C)C2CCCCC2)n1. The first kappa shape index (κ1) is 17.4. The third kappa shape index (κ3) is 3.98. The molecule has 1 heterocycles. The summed E-state index contributed by atoms with van der Waals surface area (Å²) < 4.78 is 0. The van der Waals surface area contributed by atoms with E-state index in [9.17, 15) is 0 Å². The minimum absolute atomic E-state index is 0.582. The molecule has 24 heavy (non-hydrogen) atoms. The van der Waals surface area contributed by atoms with Crippen molar-refractivity contribution in [2.75, 3.05) is 23.9 Å². The predicted octanol–water partition coefficient (Wildman–Crippen LogP) is 3.97. The smallest absolute Gasteiger partial charge is 0.230 e. The second-order valence-corrected chi connectivity index (χ2v) is 7.51. The topological polar surface area (TPSA) is 45.2 Å². The highest BCUT2D eigenvalue weighted by Gasteiger charge is 2.24. The first-order valence-electron chi connectivity index (χ1n) is 9.89. The lowest BCUT2D eigenvalue weighted by atomic mass is 9.94. The van der Waals surface area contributed by atoms with Crippen LogP contribution < -0.4 is 9.80 Å². The highest BCUT2D eigenvalue weighted by molar-refractivity contribution is 5.40. The van der Waals surface area contributed by atoms with Crippen molar-refractivity contribution in [3.05, 3.63) is 5.82 Å². The first-order chi connectivity index (χ1) is 11.7. The zero-order chi connectivity index (χ0) is 16.9. The fraction of sp³-hybridized carbons (Fsp3) is 0.842. The fourth-order valence-electron chi connectivity index (χ4n) is 4.13. The standard InChI is InChI=1S/C19H33N5/c1-4-17-20-18(23(2)15-11-7-5-8-12-15)22-19(21-17)24(3)16-13-9-6-10-14-16/h15-16H,4-14H2,1-3H3. The van der Waals surface area contributed by atoms with Crippen LogP contribution in [0.5, 0.6) is 0 Å². The van der Waals surface area contributed by atoms with Crippen LogP contribution in [0, 0.1) is 0 Å². The Balaban J connectivity index is 1.81. The maximum absolute atomic E-state index is 4.86. The van der Waals surface area contributed by atoms with Gasteiger partial charge in [0.15, 0.2) is 0 Å². The molecule has 0 spiro atoms. The quantitative estimate of drug-likeness (QED) is 0.817. The Morgan fingerprint density at radius 2 is 1.12 bits per heavy atom. The van der Waals surface area contributed by atoms with Crippen LogP contribution in [0.15, 0.2) is 0 Å². The van der Waals surface area contributed by atoms with Crippen molar-refractivity contribution in [3.8, 4) is 0 Å². The molecule has 1 aromatic rings. The van der Waals surface area contributed by atoms with Crippen LogP contribution in [-0.4, -0.2) is 41.1 Å². The van der Waals surface area contributed by atoms with Crippen molar-refractivity contribution >= 4 is 11.9 Å². The Labute approximate surface area is 146 Å². The van der Waals surface area contributed by atoms with Gasteiger partial charge < -0.3 is 9.80 Å². The number of nitrogens with zero attached hydrogens (tertiary/aromatic N) is 5. The first-order valence-corrected chi connectivity index (χ1v) is 9.89. The molecular formula is C19H33N5. The summed E-state index contributed by atoms with van der Waals surface area (Å²) in [6.45, 7) is 2.13. The third-order valence-electron chi connectivity index (χ3n) is 5.85. The second-order valence-electron chi connectivity index (χ2n) is 7.51. The highest BCUT2D eigenvalue weighted by Crippen LogP contribution is 2.27. The molecule has 0 unspecified atom stereocenters. The fourth-order valence-corrected chi connectivity index (χ4v) is 4.13. The minimum atomic E-state index is 0.582. The second kappa shape index (κ2) is 8.13. The molecule has 1 aromatic heterocycles. The van der Waals surface area contributed by atoms with Crippen LogP contribution in [0.25, 0.3) is 0 Å². The van der Waals surface area contributed by atoms with Crippen LogP contribution in [0.4, 0.5) is 11.9 Å². The molecule has 0 N–H and O–H groups in total. The Morgan fingerprint density at radius 1 is 0.708 bits per heavy atom. The zero-order valence-electron chi connectivity index (χ0n) is 15.7. The average Bonchev–Trinajstić information content (AvgIpc) is 2.67. The van der Waals surface area contributed by atoms with Crippen molar-refractivity contribution in [1.82, 2.24) is 15.0 Å². The van der Waals surface area contributed by atoms with E-state index in [1.54, 1.807) is 0 Å². The van der Waals surface area contributed by atoms with E-state index < -0.39 is 0 Å². The number of aryl methyl sites for hydroxylation is 1. The summed E-state index contributed by atoms with van der Waals surface area (Å²) in [5.41, 5.74) is 0. The molecule has 0 radical (unpaired) electrons. The van der Waals surface area contributed by atoms with Crippen molar-refractivity contribution in [1.29, 1.82) is 0 Å². The predicted molar refractivity (Wildman–Crippen MR) is 99.8 cm³/mol. The third-order valence-corrected chi connectivity index (χ3v) is 5.85. The Bertz CT molecular complexity index is 478. The summed E-state index contributed by atoms with van der Waals surface area (Å²) >= 11 is 0. The van der Waals surface area contributed by atoms with Crippen molar-refractivity contribution < 1.29 is 0 Å². The molecule has 5 nitrogen and oxygen atoms in total. The normalized spacial score (nSPS) is 20.1. The lowest BCUT2D eigenvalue weighted by molar-refractivity contribution is 0.418.